The number of methoxy groups -OCH3 is 1. The van der Waals surface area contributed by atoms with E-state index in [4.69, 9.17) is 21.1 Å². The Hall–Kier alpha value is -3.46. The van der Waals surface area contributed by atoms with E-state index in [0.717, 1.165) is 23.0 Å². The van der Waals surface area contributed by atoms with Gasteiger partial charge in [-0.15, -0.1) is 10.2 Å². The van der Waals surface area contributed by atoms with Crippen molar-refractivity contribution in [3.05, 3.63) is 64.0 Å². The number of aromatic nitrogens is 6. The van der Waals surface area contributed by atoms with Gasteiger partial charge in [-0.2, -0.15) is 5.10 Å². The SMILES string of the molecule is CCOC(=O)c1cnc2c(c(C)nn2Cc2nnc(C)n2Cc2ccc(OC)cc2)c1Cl. The molecule has 0 fully saturated rings. The topological polar surface area (TPSA) is 97.0 Å². The quantitative estimate of drug-likeness (QED) is 0.394. The summed E-state index contributed by atoms with van der Waals surface area (Å²) in [6, 6.07) is 7.86. The number of fused-ring (bicyclic) bond motifs is 1. The van der Waals surface area contributed by atoms with Crippen molar-refractivity contribution in [2.45, 2.75) is 33.9 Å². The second kappa shape index (κ2) is 8.96. The Balaban J connectivity index is 1.67. The van der Waals surface area contributed by atoms with E-state index in [-0.39, 0.29) is 17.2 Å². The summed E-state index contributed by atoms with van der Waals surface area (Å²) in [4.78, 5) is 16.6. The van der Waals surface area contributed by atoms with Crippen LogP contribution in [0.25, 0.3) is 11.0 Å². The fourth-order valence-electron chi connectivity index (χ4n) is 3.53. The molecule has 9 nitrogen and oxygen atoms in total. The number of esters is 1. The van der Waals surface area contributed by atoms with E-state index in [2.05, 4.69) is 20.3 Å². The van der Waals surface area contributed by atoms with E-state index >= 15 is 0 Å². The molecule has 0 bridgehead atoms. The minimum absolute atomic E-state index is 0.224. The van der Waals surface area contributed by atoms with E-state index in [1.165, 1.54) is 6.20 Å². The third-order valence-electron chi connectivity index (χ3n) is 5.17. The molecule has 0 spiro atoms. The number of hydrogen-bond acceptors (Lipinski definition) is 7. The van der Waals surface area contributed by atoms with Crippen molar-refractivity contribution in [2.24, 2.45) is 0 Å². The lowest BCUT2D eigenvalue weighted by Crippen LogP contribution is -2.12. The monoisotopic (exact) mass is 454 g/mol. The van der Waals surface area contributed by atoms with Gasteiger partial charge in [0.05, 0.1) is 41.9 Å². The van der Waals surface area contributed by atoms with Crippen LogP contribution in [-0.2, 0) is 17.8 Å². The third-order valence-corrected chi connectivity index (χ3v) is 5.56. The maximum Gasteiger partial charge on any atom is 0.341 e. The van der Waals surface area contributed by atoms with Crippen LogP contribution in [0.4, 0.5) is 0 Å². The van der Waals surface area contributed by atoms with Gasteiger partial charge in [0.15, 0.2) is 11.5 Å². The van der Waals surface area contributed by atoms with Gasteiger partial charge < -0.3 is 14.0 Å². The van der Waals surface area contributed by atoms with Gasteiger partial charge in [0.25, 0.3) is 0 Å². The van der Waals surface area contributed by atoms with E-state index in [0.29, 0.717) is 29.8 Å². The van der Waals surface area contributed by atoms with Gasteiger partial charge in [-0.3, -0.25) is 0 Å². The number of aryl methyl sites for hydroxylation is 2. The zero-order chi connectivity index (χ0) is 22.8. The van der Waals surface area contributed by atoms with E-state index in [1.807, 2.05) is 42.7 Å². The maximum atomic E-state index is 12.2. The van der Waals surface area contributed by atoms with Crippen LogP contribution < -0.4 is 4.74 Å². The zero-order valence-corrected chi connectivity index (χ0v) is 19.0. The molecule has 3 aromatic heterocycles. The number of benzene rings is 1. The first-order chi connectivity index (χ1) is 15.4. The smallest absolute Gasteiger partial charge is 0.341 e. The van der Waals surface area contributed by atoms with Crippen LogP contribution in [0.3, 0.4) is 0 Å². The fourth-order valence-corrected chi connectivity index (χ4v) is 3.88. The molecule has 166 valence electrons. The number of halogens is 1. The van der Waals surface area contributed by atoms with Gasteiger partial charge in [0.1, 0.15) is 18.1 Å². The van der Waals surface area contributed by atoms with Crippen molar-refractivity contribution < 1.29 is 14.3 Å². The molecule has 0 aliphatic rings. The van der Waals surface area contributed by atoms with Crippen LogP contribution in [0.2, 0.25) is 5.02 Å². The lowest BCUT2D eigenvalue weighted by molar-refractivity contribution is 0.0526. The van der Waals surface area contributed by atoms with Gasteiger partial charge >= 0.3 is 5.97 Å². The molecule has 4 aromatic rings. The van der Waals surface area contributed by atoms with Gasteiger partial charge in [0.2, 0.25) is 0 Å². The first-order valence-electron chi connectivity index (χ1n) is 10.1. The van der Waals surface area contributed by atoms with Crippen LogP contribution in [0.15, 0.2) is 30.5 Å². The van der Waals surface area contributed by atoms with E-state index in [1.54, 1.807) is 18.7 Å². The van der Waals surface area contributed by atoms with Gasteiger partial charge in [0, 0.05) is 6.20 Å². The Labute approximate surface area is 189 Å². The summed E-state index contributed by atoms with van der Waals surface area (Å²) in [6.07, 6.45) is 1.42. The molecule has 0 amide bonds. The summed E-state index contributed by atoms with van der Waals surface area (Å²) >= 11 is 6.52. The molecule has 10 heteroatoms. The van der Waals surface area contributed by atoms with Crippen molar-refractivity contribution in [3.8, 4) is 5.75 Å². The number of ether oxygens (including phenoxy) is 2. The Morgan fingerprint density at radius 1 is 1.12 bits per heavy atom. The van der Waals surface area contributed by atoms with Crippen LogP contribution >= 0.6 is 11.6 Å². The Bertz CT molecular complexity index is 1280. The molecule has 0 saturated carbocycles. The number of carbonyl (C=O) groups excluding carboxylic acids is 1. The Kier molecular flexibility index (Phi) is 6.09. The van der Waals surface area contributed by atoms with Crippen molar-refractivity contribution in [2.75, 3.05) is 13.7 Å². The molecule has 0 radical (unpaired) electrons. The molecular weight excluding hydrogens is 432 g/mol. The summed E-state index contributed by atoms with van der Waals surface area (Å²) in [7, 11) is 1.64. The zero-order valence-electron chi connectivity index (χ0n) is 18.3. The lowest BCUT2D eigenvalue weighted by atomic mass is 10.2. The minimum Gasteiger partial charge on any atom is -0.497 e. The molecule has 0 atom stereocenters. The third kappa shape index (κ3) is 4.03. The van der Waals surface area contributed by atoms with Gasteiger partial charge in [-0.05, 0) is 38.5 Å². The summed E-state index contributed by atoms with van der Waals surface area (Å²) in [6.45, 7) is 6.70. The molecule has 0 N–H and O–H groups in total. The predicted molar refractivity (Wildman–Crippen MR) is 119 cm³/mol. The van der Waals surface area contributed by atoms with Crippen molar-refractivity contribution in [1.82, 2.24) is 29.5 Å². The largest absolute Gasteiger partial charge is 0.497 e. The molecular formula is C22H23ClN6O3. The number of pyridine rings is 1. The maximum absolute atomic E-state index is 12.2. The van der Waals surface area contributed by atoms with Crippen LogP contribution in [0.1, 0.15) is 40.2 Å². The molecule has 4 rings (SSSR count). The second-order valence-corrected chi connectivity index (χ2v) is 7.62. The van der Waals surface area contributed by atoms with E-state index < -0.39 is 5.97 Å². The summed E-state index contributed by atoms with van der Waals surface area (Å²) in [5.74, 6) is 1.82. The highest BCUT2D eigenvalue weighted by Crippen LogP contribution is 2.29. The van der Waals surface area contributed by atoms with Gasteiger partial charge in [-0.1, -0.05) is 23.7 Å². The lowest BCUT2D eigenvalue weighted by Gasteiger charge is -2.10. The first-order valence-corrected chi connectivity index (χ1v) is 10.5. The number of nitrogens with zero attached hydrogens (tertiary/aromatic N) is 6. The second-order valence-electron chi connectivity index (χ2n) is 7.25. The minimum atomic E-state index is -0.506. The van der Waals surface area contributed by atoms with Crippen LogP contribution in [-0.4, -0.2) is 49.2 Å². The van der Waals surface area contributed by atoms with Crippen molar-refractivity contribution in [1.29, 1.82) is 0 Å². The number of hydrogen-bond donors (Lipinski definition) is 0. The standard InChI is InChI=1S/C22H23ClN6O3/c1-5-32-22(30)17-10-24-21-19(20(17)23)13(2)27-29(21)12-18-26-25-14(3)28(18)11-15-6-8-16(31-4)9-7-15/h6-10H,5,11-12H2,1-4H3. The molecule has 0 saturated heterocycles. The summed E-state index contributed by atoms with van der Waals surface area (Å²) in [5, 5.41) is 14.1. The normalized spacial score (nSPS) is 11.2. The highest BCUT2D eigenvalue weighted by atomic mass is 35.5. The molecule has 0 aliphatic carbocycles. The molecule has 32 heavy (non-hydrogen) atoms. The Morgan fingerprint density at radius 2 is 1.88 bits per heavy atom. The van der Waals surface area contributed by atoms with E-state index in [9.17, 15) is 4.79 Å². The summed E-state index contributed by atoms with van der Waals surface area (Å²) in [5.41, 5.74) is 2.55. The van der Waals surface area contributed by atoms with Crippen molar-refractivity contribution in [3.63, 3.8) is 0 Å². The number of rotatable bonds is 7. The molecule has 0 unspecified atom stereocenters. The molecule has 1 aromatic carbocycles. The summed E-state index contributed by atoms with van der Waals surface area (Å²) < 4.78 is 14.0. The van der Waals surface area contributed by atoms with Crippen molar-refractivity contribution >= 4 is 28.6 Å². The molecule has 3 heterocycles. The first kappa shape index (κ1) is 21.8. The van der Waals surface area contributed by atoms with Gasteiger partial charge in [-0.25, -0.2) is 14.5 Å². The molecule has 0 aliphatic heterocycles. The fraction of sp³-hybridized carbons (Fsp3) is 0.318. The van der Waals surface area contributed by atoms with Crippen LogP contribution in [0, 0.1) is 13.8 Å². The number of carbonyl (C=O) groups is 1. The average molecular weight is 455 g/mol. The average Bonchev–Trinajstić information content (AvgIpc) is 3.29. The highest BCUT2D eigenvalue weighted by Gasteiger charge is 2.21. The van der Waals surface area contributed by atoms with Crippen LogP contribution in [0.5, 0.6) is 5.75 Å². The highest BCUT2D eigenvalue weighted by molar-refractivity contribution is 6.38. The Morgan fingerprint density at radius 3 is 2.56 bits per heavy atom. The predicted octanol–water partition coefficient (Wildman–Crippen LogP) is 3.57.